The normalized spacial score (nSPS) is 17.4. The number of hydrogen-bond acceptors (Lipinski definition) is 4. The quantitative estimate of drug-likeness (QED) is 0.671. The van der Waals surface area contributed by atoms with Crippen LogP contribution < -0.4 is 5.32 Å². The van der Waals surface area contributed by atoms with Crippen LogP contribution in [-0.2, 0) is 32.4 Å². The van der Waals surface area contributed by atoms with Crippen LogP contribution in [0.5, 0.6) is 0 Å². The summed E-state index contributed by atoms with van der Waals surface area (Å²) in [6.45, 7) is 1.79. The number of fused-ring (bicyclic) bond motifs is 1. The Morgan fingerprint density at radius 1 is 1.07 bits per heavy atom. The van der Waals surface area contributed by atoms with Crippen molar-refractivity contribution in [2.75, 3.05) is 18.8 Å². The molecule has 2 amide bonds. The van der Waals surface area contributed by atoms with Crippen molar-refractivity contribution < 1.29 is 18.0 Å². The molecule has 2 aliphatic rings. The summed E-state index contributed by atoms with van der Waals surface area (Å²) in [7, 11) is -3.16. The Morgan fingerprint density at radius 2 is 1.79 bits per heavy atom. The lowest BCUT2D eigenvalue weighted by molar-refractivity contribution is -0.132. The smallest absolute Gasteiger partial charge is 0.222 e. The third kappa shape index (κ3) is 5.56. The van der Waals surface area contributed by atoms with E-state index in [9.17, 15) is 18.0 Å². The third-order valence-electron chi connectivity index (χ3n) is 5.80. The number of carbonyl (C=O) groups excluding carboxylic acids is 2. The van der Waals surface area contributed by atoms with Crippen LogP contribution in [-0.4, -0.2) is 49.2 Å². The van der Waals surface area contributed by atoms with Gasteiger partial charge in [0.15, 0.2) is 9.84 Å². The molecule has 1 N–H and O–H groups in total. The lowest BCUT2D eigenvalue weighted by Gasteiger charge is -2.29. The average molecular weight is 407 g/mol. The van der Waals surface area contributed by atoms with Gasteiger partial charge >= 0.3 is 0 Å². The van der Waals surface area contributed by atoms with E-state index in [0.29, 0.717) is 25.9 Å². The Kier molecular flexibility index (Phi) is 7.10. The summed E-state index contributed by atoms with van der Waals surface area (Å²) in [4.78, 5) is 26.2. The van der Waals surface area contributed by atoms with Crippen molar-refractivity contribution in [2.24, 2.45) is 0 Å². The highest BCUT2D eigenvalue weighted by Crippen LogP contribution is 2.25. The van der Waals surface area contributed by atoms with Crippen molar-refractivity contribution in [2.45, 2.75) is 63.2 Å². The zero-order valence-corrected chi connectivity index (χ0v) is 17.2. The molecule has 0 saturated heterocycles. The summed E-state index contributed by atoms with van der Waals surface area (Å²) >= 11 is 0. The standard InChI is InChI=1S/C21H30N2O4S/c24-20(12-15-28(26,27)19-8-3-4-9-19)22-13-5-10-21(25)23-14-11-17-6-1-2-7-18(17)16-23/h1-2,6-7,19H,3-5,8-16H2,(H,22,24). The SMILES string of the molecule is O=C(CCS(=O)(=O)C1CCCC1)NCCCC(=O)N1CCc2ccccc2C1. The monoisotopic (exact) mass is 406 g/mol. The van der Waals surface area contributed by atoms with E-state index in [1.165, 1.54) is 11.1 Å². The van der Waals surface area contributed by atoms with Crippen LogP contribution in [0.25, 0.3) is 0 Å². The number of nitrogens with one attached hydrogen (secondary N) is 1. The molecule has 7 heteroatoms. The molecule has 0 aromatic heterocycles. The number of sulfone groups is 1. The van der Waals surface area contributed by atoms with Gasteiger partial charge in [-0.1, -0.05) is 37.1 Å². The number of nitrogens with zero attached hydrogens (tertiary/aromatic N) is 1. The van der Waals surface area contributed by atoms with Crippen molar-refractivity contribution in [3.05, 3.63) is 35.4 Å². The average Bonchev–Trinajstić information content (AvgIpc) is 3.25. The maximum Gasteiger partial charge on any atom is 0.222 e. The molecule has 1 aliphatic carbocycles. The van der Waals surface area contributed by atoms with Crippen LogP contribution in [0.2, 0.25) is 0 Å². The molecule has 1 aromatic rings. The van der Waals surface area contributed by atoms with Crippen LogP contribution in [0.15, 0.2) is 24.3 Å². The molecule has 1 saturated carbocycles. The second-order valence-corrected chi connectivity index (χ2v) is 10.2. The molecule has 0 unspecified atom stereocenters. The van der Waals surface area contributed by atoms with Crippen molar-refractivity contribution >= 4 is 21.7 Å². The summed E-state index contributed by atoms with van der Waals surface area (Å²) in [5, 5.41) is 2.49. The van der Waals surface area contributed by atoms with E-state index in [0.717, 1.165) is 38.6 Å². The molecule has 1 heterocycles. The van der Waals surface area contributed by atoms with E-state index in [2.05, 4.69) is 17.4 Å². The predicted octanol–water partition coefficient (Wildman–Crippen LogP) is 2.22. The second kappa shape index (κ2) is 9.54. The minimum absolute atomic E-state index is 0.00961. The van der Waals surface area contributed by atoms with Crippen LogP contribution in [0, 0.1) is 0 Å². The zero-order chi connectivity index (χ0) is 20.0. The van der Waals surface area contributed by atoms with Crippen LogP contribution >= 0.6 is 0 Å². The molecule has 28 heavy (non-hydrogen) atoms. The first kappa shape index (κ1) is 20.8. The fraction of sp³-hybridized carbons (Fsp3) is 0.619. The summed E-state index contributed by atoms with van der Waals surface area (Å²) in [6, 6.07) is 8.20. The number of hydrogen-bond donors (Lipinski definition) is 1. The zero-order valence-electron chi connectivity index (χ0n) is 16.4. The first-order chi connectivity index (χ1) is 13.5. The lowest BCUT2D eigenvalue weighted by Crippen LogP contribution is -2.36. The molecule has 0 atom stereocenters. The minimum atomic E-state index is -3.16. The highest BCUT2D eigenvalue weighted by Gasteiger charge is 2.28. The molecule has 1 aromatic carbocycles. The molecule has 0 bridgehead atoms. The van der Waals surface area contributed by atoms with Crippen LogP contribution in [0.3, 0.4) is 0 Å². The Hall–Kier alpha value is -1.89. The number of benzene rings is 1. The number of carbonyl (C=O) groups is 2. The van der Waals surface area contributed by atoms with Gasteiger partial charge in [-0.25, -0.2) is 8.42 Å². The molecular weight excluding hydrogens is 376 g/mol. The largest absolute Gasteiger partial charge is 0.356 e. The highest BCUT2D eigenvalue weighted by molar-refractivity contribution is 7.92. The van der Waals surface area contributed by atoms with Gasteiger partial charge in [-0.3, -0.25) is 9.59 Å². The first-order valence-electron chi connectivity index (χ1n) is 10.3. The van der Waals surface area contributed by atoms with Gasteiger partial charge < -0.3 is 10.2 Å². The summed E-state index contributed by atoms with van der Waals surface area (Å²) < 4.78 is 24.4. The number of rotatable bonds is 8. The molecular formula is C21H30N2O4S. The molecule has 0 spiro atoms. The lowest BCUT2D eigenvalue weighted by atomic mass is 9.99. The Labute approximate surface area is 167 Å². The molecule has 1 fully saturated rings. The van der Waals surface area contributed by atoms with Crippen molar-refractivity contribution in [3.8, 4) is 0 Å². The van der Waals surface area contributed by atoms with E-state index < -0.39 is 9.84 Å². The second-order valence-electron chi connectivity index (χ2n) is 7.81. The van der Waals surface area contributed by atoms with E-state index >= 15 is 0 Å². The van der Waals surface area contributed by atoms with E-state index in [1.807, 2.05) is 17.0 Å². The predicted molar refractivity (Wildman–Crippen MR) is 108 cm³/mol. The van der Waals surface area contributed by atoms with Gasteiger partial charge in [-0.2, -0.15) is 0 Å². The van der Waals surface area contributed by atoms with Gasteiger partial charge in [0.05, 0.1) is 11.0 Å². The van der Waals surface area contributed by atoms with Gasteiger partial charge in [0, 0.05) is 32.5 Å². The van der Waals surface area contributed by atoms with E-state index in [4.69, 9.17) is 0 Å². The van der Waals surface area contributed by atoms with Gasteiger partial charge in [0.25, 0.3) is 0 Å². The molecule has 154 valence electrons. The molecule has 6 nitrogen and oxygen atoms in total. The van der Waals surface area contributed by atoms with Gasteiger partial charge in [-0.05, 0) is 36.8 Å². The Balaban J connectivity index is 1.32. The Morgan fingerprint density at radius 3 is 2.54 bits per heavy atom. The van der Waals surface area contributed by atoms with Crippen LogP contribution in [0.4, 0.5) is 0 Å². The molecule has 3 rings (SSSR count). The molecule has 1 aliphatic heterocycles. The Bertz CT molecular complexity index is 800. The minimum Gasteiger partial charge on any atom is -0.356 e. The van der Waals surface area contributed by atoms with Crippen molar-refractivity contribution in [1.82, 2.24) is 10.2 Å². The summed E-state index contributed by atoms with van der Waals surface area (Å²) in [5.41, 5.74) is 2.52. The number of amides is 2. The summed E-state index contributed by atoms with van der Waals surface area (Å²) in [5.74, 6) is -0.219. The van der Waals surface area contributed by atoms with E-state index in [1.54, 1.807) is 0 Å². The van der Waals surface area contributed by atoms with Crippen molar-refractivity contribution in [1.29, 1.82) is 0 Å². The van der Waals surface area contributed by atoms with Crippen LogP contribution in [0.1, 0.15) is 56.1 Å². The summed E-state index contributed by atoms with van der Waals surface area (Å²) in [6.07, 6.45) is 5.24. The third-order valence-corrected chi connectivity index (χ3v) is 8.06. The maximum atomic E-state index is 12.4. The highest BCUT2D eigenvalue weighted by atomic mass is 32.2. The molecule has 0 radical (unpaired) electrons. The first-order valence-corrected chi connectivity index (χ1v) is 12.0. The maximum absolute atomic E-state index is 12.4. The fourth-order valence-corrected chi connectivity index (χ4v) is 5.93. The topological polar surface area (TPSA) is 83.5 Å². The van der Waals surface area contributed by atoms with Gasteiger partial charge in [-0.15, -0.1) is 0 Å². The van der Waals surface area contributed by atoms with Gasteiger partial charge in [0.2, 0.25) is 11.8 Å². The van der Waals surface area contributed by atoms with E-state index in [-0.39, 0.29) is 29.2 Å². The fourth-order valence-electron chi connectivity index (χ4n) is 4.07. The van der Waals surface area contributed by atoms with Gasteiger partial charge in [0.1, 0.15) is 0 Å². The van der Waals surface area contributed by atoms with Crippen molar-refractivity contribution in [3.63, 3.8) is 0 Å².